The number of likely N-dealkylation sites (tertiary alicyclic amines) is 1. The SMILES string of the molecule is CCN1CCN(CC(=O)N2CC3CCC(N)C3C2)C(=O)C1=O. The third-order valence-corrected chi connectivity index (χ3v) is 5.37. The molecule has 2 aliphatic heterocycles. The van der Waals surface area contributed by atoms with Crippen molar-refractivity contribution in [3.8, 4) is 0 Å². The molecule has 3 aliphatic rings. The number of nitrogens with zero attached hydrogens (tertiary/aromatic N) is 3. The lowest BCUT2D eigenvalue weighted by Gasteiger charge is -2.33. The van der Waals surface area contributed by atoms with Gasteiger partial charge in [0, 0.05) is 38.8 Å². The number of hydrogen-bond donors (Lipinski definition) is 1. The van der Waals surface area contributed by atoms with Crippen molar-refractivity contribution in [1.82, 2.24) is 14.7 Å². The second-order valence-electron chi connectivity index (χ2n) is 6.58. The van der Waals surface area contributed by atoms with Crippen LogP contribution in [0.15, 0.2) is 0 Å². The largest absolute Gasteiger partial charge is 0.341 e. The first-order chi connectivity index (χ1) is 10.5. The quantitative estimate of drug-likeness (QED) is 0.669. The topological polar surface area (TPSA) is 86.9 Å². The van der Waals surface area contributed by atoms with E-state index < -0.39 is 11.8 Å². The van der Waals surface area contributed by atoms with Crippen LogP contribution in [0.3, 0.4) is 0 Å². The number of amides is 3. The summed E-state index contributed by atoms with van der Waals surface area (Å²) in [7, 11) is 0. The zero-order chi connectivity index (χ0) is 15.9. The van der Waals surface area contributed by atoms with Gasteiger partial charge in [0.1, 0.15) is 6.54 Å². The van der Waals surface area contributed by atoms with Crippen LogP contribution in [0.25, 0.3) is 0 Å². The van der Waals surface area contributed by atoms with Crippen LogP contribution < -0.4 is 5.73 Å². The van der Waals surface area contributed by atoms with Crippen molar-refractivity contribution < 1.29 is 14.4 Å². The highest BCUT2D eigenvalue weighted by atomic mass is 16.2. The molecule has 3 atom stereocenters. The number of rotatable bonds is 3. The Labute approximate surface area is 130 Å². The standard InChI is InChI=1S/C15H24N4O3/c1-2-17-5-6-18(15(22)14(17)21)9-13(20)19-7-10-3-4-12(16)11(10)8-19/h10-12H,2-9,16H2,1H3. The number of fused-ring (bicyclic) bond motifs is 1. The van der Waals surface area contributed by atoms with Gasteiger partial charge in [-0.1, -0.05) is 0 Å². The van der Waals surface area contributed by atoms with Gasteiger partial charge in [0.05, 0.1) is 0 Å². The molecule has 122 valence electrons. The lowest BCUT2D eigenvalue weighted by molar-refractivity contribution is -0.157. The van der Waals surface area contributed by atoms with E-state index in [1.807, 2.05) is 11.8 Å². The van der Waals surface area contributed by atoms with Crippen molar-refractivity contribution in [3.05, 3.63) is 0 Å². The smallest absolute Gasteiger partial charge is 0.312 e. The Hall–Kier alpha value is -1.63. The van der Waals surface area contributed by atoms with Gasteiger partial charge in [-0.15, -0.1) is 0 Å². The zero-order valence-electron chi connectivity index (χ0n) is 13.0. The molecule has 0 aromatic carbocycles. The Balaban J connectivity index is 1.57. The molecule has 1 aliphatic carbocycles. The van der Waals surface area contributed by atoms with Gasteiger partial charge in [-0.25, -0.2) is 0 Å². The van der Waals surface area contributed by atoms with E-state index >= 15 is 0 Å². The van der Waals surface area contributed by atoms with E-state index in [0.717, 1.165) is 19.4 Å². The van der Waals surface area contributed by atoms with E-state index in [0.29, 0.717) is 38.0 Å². The van der Waals surface area contributed by atoms with Crippen LogP contribution in [0.1, 0.15) is 19.8 Å². The fourth-order valence-electron chi connectivity index (χ4n) is 3.94. The number of carbonyl (C=O) groups is 3. The van der Waals surface area contributed by atoms with Gasteiger partial charge in [0.25, 0.3) is 0 Å². The minimum atomic E-state index is -0.558. The van der Waals surface area contributed by atoms with E-state index in [-0.39, 0.29) is 18.5 Å². The number of likely N-dealkylation sites (N-methyl/N-ethyl adjacent to an activating group) is 1. The second kappa shape index (κ2) is 5.87. The molecule has 7 heteroatoms. The van der Waals surface area contributed by atoms with Crippen LogP contribution >= 0.6 is 0 Å². The maximum Gasteiger partial charge on any atom is 0.312 e. The molecular formula is C15H24N4O3. The molecule has 0 aromatic heterocycles. The van der Waals surface area contributed by atoms with Crippen LogP contribution in [0, 0.1) is 11.8 Å². The number of carbonyl (C=O) groups excluding carboxylic acids is 3. The van der Waals surface area contributed by atoms with Gasteiger partial charge in [0.2, 0.25) is 5.91 Å². The molecule has 1 saturated carbocycles. The minimum Gasteiger partial charge on any atom is -0.341 e. The molecule has 2 saturated heterocycles. The van der Waals surface area contributed by atoms with Gasteiger partial charge >= 0.3 is 11.8 Å². The molecule has 0 bridgehead atoms. The summed E-state index contributed by atoms with van der Waals surface area (Å²) < 4.78 is 0. The maximum absolute atomic E-state index is 12.4. The maximum atomic E-state index is 12.4. The van der Waals surface area contributed by atoms with Crippen molar-refractivity contribution >= 4 is 17.7 Å². The second-order valence-corrected chi connectivity index (χ2v) is 6.58. The van der Waals surface area contributed by atoms with Gasteiger partial charge in [-0.2, -0.15) is 0 Å². The summed E-state index contributed by atoms with van der Waals surface area (Å²) in [6.45, 7) is 4.76. The summed E-state index contributed by atoms with van der Waals surface area (Å²) in [6, 6.07) is 0.194. The zero-order valence-corrected chi connectivity index (χ0v) is 13.0. The Bertz CT molecular complexity index is 495. The van der Waals surface area contributed by atoms with Crippen molar-refractivity contribution in [3.63, 3.8) is 0 Å². The first-order valence-electron chi connectivity index (χ1n) is 8.12. The average Bonchev–Trinajstić information content (AvgIpc) is 3.07. The Kier molecular flexibility index (Phi) is 4.08. The van der Waals surface area contributed by atoms with Crippen LogP contribution in [0.2, 0.25) is 0 Å². The first-order valence-corrected chi connectivity index (χ1v) is 8.12. The molecule has 0 aromatic rings. The van der Waals surface area contributed by atoms with Gasteiger partial charge < -0.3 is 20.4 Å². The molecule has 0 radical (unpaired) electrons. The fourth-order valence-corrected chi connectivity index (χ4v) is 3.94. The minimum absolute atomic E-state index is 0.0107. The molecule has 0 spiro atoms. The van der Waals surface area contributed by atoms with Gasteiger partial charge in [-0.05, 0) is 31.6 Å². The van der Waals surface area contributed by atoms with Crippen LogP contribution in [0.4, 0.5) is 0 Å². The molecule has 3 unspecified atom stereocenters. The normalized spacial score (nSPS) is 31.9. The predicted molar refractivity (Wildman–Crippen MR) is 79.6 cm³/mol. The van der Waals surface area contributed by atoms with E-state index in [4.69, 9.17) is 5.73 Å². The van der Waals surface area contributed by atoms with Crippen molar-refractivity contribution in [2.24, 2.45) is 17.6 Å². The molecule has 2 heterocycles. The van der Waals surface area contributed by atoms with Crippen molar-refractivity contribution in [1.29, 1.82) is 0 Å². The first kappa shape index (κ1) is 15.3. The summed E-state index contributed by atoms with van der Waals surface area (Å²) in [4.78, 5) is 41.0. The Morgan fingerprint density at radius 3 is 2.50 bits per heavy atom. The molecule has 2 N–H and O–H groups in total. The highest BCUT2D eigenvalue weighted by Crippen LogP contribution is 2.37. The van der Waals surface area contributed by atoms with Crippen molar-refractivity contribution in [2.45, 2.75) is 25.8 Å². The average molecular weight is 308 g/mol. The van der Waals surface area contributed by atoms with E-state index in [1.54, 1.807) is 0 Å². The lowest BCUT2D eigenvalue weighted by atomic mass is 9.98. The van der Waals surface area contributed by atoms with Crippen LogP contribution in [-0.4, -0.2) is 77.7 Å². The van der Waals surface area contributed by atoms with E-state index in [2.05, 4.69) is 0 Å². The molecule has 7 nitrogen and oxygen atoms in total. The summed E-state index contributed by atoms with van der Waals surface area (Å²) in [5.74, 6) is -0.210. The monoisotopic (exact) mass is 308 g/mol. The third kappa shape index (κ3) is 2.58. The van der Waals surface area contributed by atoms with E-state index in [1.165, 1.54) is 9.80 Å². The van der Waals surface area contributed by atoms with Gasteiger partial charge in [-0.3, -0.25) is 14.4 Å². The Morgan fingerprint density at radius 2 is 1.82 bits per heavy atom. The number of hydrogen-bond acceptors (Lipinski definition) is 4. The predicted octanol–water partition coefficient (Wildman–Crippen LogP) is -1.13. The summed E-state index contributed by atoms with van der Waals surface area (Å²) in [5, 5.41) is 0. The third-order valence-electron chi connectivity index (χ3n) is 5.37. The highest BCUT2D eigenvalue weighted by Gasteiger charge is 2.43. The summed E-state index contributed by atoms with van der Waals surface area (Å²) in [6.07, 6.45) is 2.13. The molecule has 3 rings (SSSR count). The fraction of sp³-hybridized carbons (Fsp3) is 0.800. The van der Waals surface area contributed by atoms with Crippen LogP contribution in [-0.2, 0) is 14.4 Å². The Morgan fingerprint density at radius 1 is 1.14 bits per heavy atom. The van der Waals surface area contributed by atoms with E-state index in [9.17, 15) is 14.4 Å². The van der Waals surface area contributed by atoms with Crippen LogP contribution in [0.5, 0.6) is 0 Å². The van der Waals surface area contributed by atoms with Crippen molar-refractivity contribution in [2.75, 3.05) is 39.3 Å². The molecule has 3 amide bonds. The summed E-state index contributed by atoms with van der Waals surface area (Å²) in [5.41, 5.74) is 6.08. The van der Waals surface area contributed by atoms with Gasteiger partial charge in [0.15, 0.2) is 0 Å². The number of nitrogens with two attached hydrogens (primary N) is 1. The molecule has 3 fully saturated rings. The lowest BCUT2D eigenvalue weighted by Crippen LogP contribution is -2.56. The summed E-state index contributed by atoms with van der Waals surface area (Å²) >= 11 is 0. The highest BCUT2D eigenvalue weighted by molar-refractivity contribution is 6.35. The molecular weight excluding hydrogens is 284 g/mol. The molecule has 22 heavy (non-hydrogen) atoms. The number of piperazine rings is 1.